The second-order valence-corrected chi connectivity index (χ2v) is 24.4. The zero-order valence-electron chi connectivity index (χ0n) is 49.0. The zero-order chi connectivity index (χ0) is 63.4. The van der Waals surface area contributed by atoms with E-state index in [1.54, 1.807) is 66.9 Å². The molecule has 0 bridgehead atoms. The first-order chi connectivity index (χ1) is 42.1. The van der Waals surface area contributed by atoms with Crippen molar-refractivity contribution in [2.75, 3.05) is 6.61 Å². The summed E-state index contributed by atoms with van der Waals surface area (Å²) in [6.07, 6.45) is -5.13. The number of hydrogen-bond acceptors (Lipinski definition) is 12. The third-order valence-electron chi connectivity index (χ3n) is 16.3. The number of aryl methyl sites for hydroxylation is 3. The van der Waals surface area contributed by atoms with Crippen LogP contribution in [-0.4, -0.2) is 103 Å². The topological polar surface area (TPSA) is 204 Å². The molecule has 0 fully saturated rings. The van der Waals surface area contributed by atoms with Crippen molar-refractivity contribution in [3.05, 3.63) is 189 Å². The van der Waals surface area contributed by atoms with Gasteiger partial charge in [-0.2, -0.15) is 36.5 Å². The maximum atomic E-state index is 14.9. The van der Waals surface area contributed by atoms with Crippen molar-refractivity contribution in [3.63, 3.8) is 0 Å². The molecule has 28 heteroatoms. The Bertz CT molecular complexity index is 4660. The Morgan fingerprint density at radius 2 is 1.16 bits per heavy atom. The summed E-state index contributed by atoms with van der Waals surface area (Å²) < 4.78 is 99.2. The summed E-state index contributed by atoms with van der Waals surface area (Å²) in [5, 5.41) is 9.77. The molecule has 9 heterocycles. The second-order valence-electron chi connectivity index (χ2n) is 22.7. The highest BCUT2D eigenvalue weighted by Gasteiger charge is 2.39. The predicted molar refractivity (Wildman–Crippen MR) is 322 cm³/mol. The van der Waals surface area contributed by atoms with Gasteiger partial charge in [-0.3, -0.25) is 19.2 Å². The van der Waals surface area contributed by atoms with E-state index in [0.29, 0.717) is 56.3 Å². The summed E-state index contributed by atoms with van der Waals surface area (Å²) in [7, 11) is 1.85. The van der Waals surface area contributed by atoms with Crippen molar-refractivity contribution in [2.45, 2.75) is 117 Å². The number of alkyl halides is 6. The maximum absolute atomic E-state index is 14.9. The van der Waals surface area contributed by atoms with E-state index >= 15 is 0 Å². The molecular formula is C61H55Br2F6N15O5. The van der Waals surface area contributed by atoms with Gasteiger partial charge in [0.1, 0.15) is 5.52 Å². The van der Waals surface area contributed by atoms with Crippen LogP contribution < -0.4 is 11.1 Å². The molecule has 3 atom stereocenters. The molecule has 3 aromatic carbocycles. The van der Waals surface area contributed by atoms with Crippen molar-refractivity contribution in [1.29, 1.82) is 0 Å². The minimum Gasteiger partial charge on any atom is -0.370 e. The highest BCUT2D eigenvalue weighted by Crippen LogP contribution is 2.38. The minimum atomic E-state index is -4.72. The number of imidazole rings is 2. The van der Waals surface area contributed by atoms with E-state index in [0.717, 1.165) is 23.3 Å². The average molecular weight is 1350 g/mol. The summed E-state index contributed by atoms with van der Waals surface area (Å²) >= 11 is 5.91. The van der Waals surface area contributed by atoms with Crippen molar-refractivity contribution >= 4 is 65.9 Å². The number of fused-ring (bicyclic) bond motifs is 4. The van der Waals surface area contributed by atoms with Crippen LogP contribution in [0.5, 0.6) is 0 Å². The van der Waals surface area contributed by atoms with Crippen LogP contribution in [0.2, 0.25) is 0 Å². The average Bonchev–Trinajstić information content (AvgIpc) is 1.70. The Hall–Kier alpha value is -8.63. The Morgan fingerprint density at radius 1 is 0.652 bits per heavy atom. The lowest BCUT2D eigenvalue weighted by molar-refractivity contribution is -0.139. The standard InChI is InChI=1S/C61H55Br2F6N15O5/c1-30(2)46-19-33(5)83(75-46)59-74-51-27-80(55(86)37-10-13-45(63)43(22-37)61(67,68)69)32(4)18-41(51)57(88)82(59)39-24-49-53(70-25-39)78(29-72-49)15-16-89-35(7)47-20-34(6)84(76-47)58-73-50-26-79(54(85)36-9-12-44(62)42(21-36)60(64,65)66)31(3)17-40(50)56(87)81(58)38-11-14-52-48(23-38)71-28-77(52)8/h9-14,19-25,28-32,35H,15-18,26-27H2,1-8H3. The Kier molecular flexibility index (Phi) is 15.5. The molecule has 12 rings (SSSR count). The number of ether oxygens (including phenoxy) is 1. The number of carbonyl (C=O) groups is 2. The molecule has 0 saturated carbocycles. The monoisotopic (exact) mass is 1350 g/mol. The van der Waals surface area contributed by atoms with E-state index in [1.807, 2.05) is 51.4 Å². The molecule has 0 N–H and O–H groups in total. The van der Waals surface area contributed by atoms with E-state index in [4.69, 9.17) is 29.9 Å². The van der Waals surface area contributed by atoms with E-state index in [2.05, 4.69) is 41.8 Å². The molecule has 0 spiro atoms. The van der Waals surface area contributed by atoms with Crippen LogP contribution in [0.25, 0.3) is 45.5 Å². The molecule has 89 heavy (non-hydrogen) atoms. The van der Waals surface area contributed by atoms with Gasteiger partial charge in [0.15, 0.2) is 5.65 Å². The molecule has 0 aliphatic carbocycles. The SMILES string of the molecule is Cc1cc(C(C)C)nn1-c1nc2c(c(=O)n1-c1cnc3c(c1)ncn3CCOC(C)c1cc(C)n(-c3nc4c(c(=O)n3-c3ccc5c(c3)ncn5C)CC(C)N(C(=O)c3ccc(Br)c(C(F)(F)F)c3)C4)n1)CC(C)N(C(=O)c1ccc(Br)c(C(F)(F)F)c1)C2. The van der Waals surface area contributed by atoms with Crippen LogP contribution in [0, 0.1) is 13.8 Å². The van der Waals surface area contributed by atoms with Gasteiger partial charge in [0, 0.05) is 68.3 Å². The fraction of sp³-hybridized carbons (Fsp3) is 0.328. The molecule has 2 aliphatic heterocycles. The van der Waals surface area contributed by atoms with Gasteiger partial charge in [0.05, 0.1) is 101 Å². The minimum absolute atomic E-state index is 0.0114. The lowest BCUT2D eigenvalue weighted by Crippen LogP contribution is -2.46. The first-order valence-corrected chi connectivity index (χ1v) is 29.9. The van der Waals surface area contributed by atoms with Gasteiger partial charge in [-0.05, 0) is 126 Å². The highest BCUT2D eigenvalue weighted by atomic mass is 79.9. The fourth-order valence-corrected chi connectivity index (χ4v) is 12.4. The highest BCUT2D eigenvalue weighted by molar-refractivity contribution is 9.10. The number of carbonyl (C=O) groups excluding carboxylic acids is 2. The number of hydrogen-bond donors (Lipinski definition) is 0. The number of aromatic nitrogens is 13. The van der Waals surface area contributed by atoms with E-state index < -0.39 is 64.6 Å². The van der Waals surface area contributed by atoms with Crippen molar-refractivity contribution in [2.24, 2.45) is 7.05 Å². The predicted octanol–water partition coefficient (Wildman–Crippen LogP) is 11.0. The van der Waals surface area contributed by atoms with Crippen LogP contribution in [-0.2, 0) is 56.6 Å². The lowest BCUT2D eigenvalue weighted by Gasteiger charge is -2.34. The Labute approximate surface area is 519 Å². The van der Waals surface area contributed by atoms with Gasteiger partial charge < -0.3 is 23.7 Å². The summed E-state index contributed by atoms with van der Waals surface area (Å²) in [6, 6.07) is 16.3. The number of halogens is 8. The third kappa shape index (κ3) is 11.0. The molecule has 7 aromatic heterocycles. The Balaban J connectivity index is 0.818. The van der Waals surface area contributed by atoms with Gasteiger partial charge in [0.25, 0.3) is 22.9 Å². The number of rotatable bonds is 12. The van der Waals surface area contributed by atoms with Crippen molar-refractivity contribution in [1.82, 2.24) is 72.5 Å². The summed E-state index contributed by atoms with van der Waals surface area (Å²) in [6.45, 7) is 13.0. The van der Waals surface area contributed by atoms with Gasteiger partial charge in [-0.25, -0.2) is 43.4 Å². The lowest BCUT2D eigenvalue weighted by atomic mass is 9.98. The van der Waals surface area contributed by atoms with Gasteiger partial charge in [-0.1, -0.05) is 45.7 Å². The molecule has 460 valence electrons. The van der Waals surface area contributed by atoms with E-state index in [-0.39, 0.29) is 88.4 Å². The Morgan fingerprint density at radius 3 is 1.69 bits per heavy atom. The van der Waals surface area contributed by atoms with Crippen LogP contribution in [0.3, 0.4) is 0 Å². The molecule has 20 nitrogen and oxygen atoms in total. The zero-order valence-corrected chi connectivity index (χ0v) is 52.2. The van der Waals surface area contributed by atoms with E-state index in [1.165, 1.54) is 54.1 Å². The fourth-order valence-electron chi connectivity index (χ4n) is 11.5. The largest absolute Gasteiger partial charge is 0.417 e. The molecule has 2 aliphatic rings. The van der Waals surface area contributed by atoms with Gasteiger partial charge in [0.2, 0.25) is 11.9 Å². The summed E-state index contributed by atoms with van der Waals surface area (Å²) in [4.78, 5) is 84.8. The van der Waals surface area contributed by atoms with Crippen LogP contribution in [0.1, 0.15) is 124 Å². The molecule has 3 unspecified atom stereocenters. The number of pyridine rings is 1. The molecule has 10 aromatic rings. The summed E-state index contributed by atoms with van der Waals surface area (Å²) in [5.41, 5.74) is 3.64. The van der Waals surface area contributed by atoms with Gasteiger partial charge in [-0.15, -0.1) is 0 Å². The first kappa shape index (κ1) is 60.6. The smallest absolute Gasteiger partial charge is 0.370 e. The van der Waals surface area contributed by atoms with E-state index in [9.17, 15) is 45.5 Å². The number of benzene rings is 3. The maximum Gasteiger partial charge on any atom is 0.417 e. The van der Waals surface area contributed by atoms with Crippen LogP contribution in [0.4, 0.5) is 26.3 Å². The summed E-state index contributed by atoms with van der Waals surface area (Å²) in [5.74, 6) is -1.09. The molecule has 0 saturated heterocycles. The van der Waals surface area contributed by atoms with Crippen LogP contribution in [0.15, 0.2) is 110 Å². The van der Waals surface area contributed by atoms with Crippen molar-refractivity contribution < 1.29 is 40.7 Å². The number of nitrogens with zero attached hydrogens (tertiary/aromatic N) is 15. The van der Waals surface area contributed by atoms with Crippen molar-refractivity contribution in [3.8, 4) is 23.3 Å². The van der Waals surface area contributed by atoms with Gasteiger partial charge >= 0.3 is 12.4 Å². The molecular weight excluding hydrogens is 1300 g/mol. The second kappa shape index (κ2) is 22.8. The molecule has 0 radical (unpaired) electrons. The third-order valence-corrected chi connectivity index (χ3v) is 17.7. The van der Waals surface area contributed by atoms with Crippen LogP contribution >= 0.6 is 31.9 Å². The number of amides is 2. The molecule has 2 amide bonds. The quantitative estimate of drug-likeness (QED) is 0.105. The normalized spacial score (nSPS) is 15.8. The first-order valence-electron chi connectivity index (χ1n) is 28.3.